The second kappa shape index (κ2) is 9.85. The molecule has 1 saturated carbocycles. The lowest BCUT2D eigenvalue weighted by Crippen LogP contribution is -2.43. The number of rotatable bonds is 7. The van der Waals surface area contributed by atoms with Crippen molar-refractivity contribution in [2.45, 2.75) is 38.6 Å². The van der Waals surface area contributed by atoms with Gasteiger partial charge in [-0.2, -0.15) is 0 Å². The Bertz CT molecular complexity index is 618. The number of likely N-dealkylation sites (N-methyl/N-ethyl adjacent to an activating group) is 1. The maximum atomic E-state index is 12.1. The summed E-state index contributed by atoms with van der Waals surface area (Å²) in [6.45, 7) is 5.79. The summed E-state index contributed by atoms with van der Waals surface area (Å²) in [5.41, 5.74) is 2.07. The lowest BCUT2D eigenvalue weighted by Gasteiger charge is -2.32. The zero-order chi connectivity index (χ0) is 19.1. The van der Waals surface area contributed by atoms with Crippen LogP contribution in [0.15, 0.2) is 24.3 Å². The van der Waals surface area contributed by atoms with Crippen LogP contribution in [0.25, 0.3) is 0 Å². The van der Waals surface area contributed by atoms with Gasteiger partial charge in [-0.3, -0.25) is 14.5 Å². The second-order valence-corrected chi connectivity index (χ2v) is 7.85. The van der Waals surface area contributed by atoms with Crippen LogP contribution in [-0.2, 0) is 16.1 Å². The molecule has 0 atom stereocenters. The maximum Gasteiger partial charge on any atom is 0.226 e. The Morgan fingerprint density at radius 2 is 1.70 bits per heavy atom. The highest BCUT2D eigenvalue weighted by Crippen LogP contribution is 2.24. The summed E-state index contributed by atoms with van der Waals surface area (Å²) in [6.07, 6.45) is 4.56. The minimum absolute atomic E-state index is 0.0615. The molecule has 6 nitrogen and oxygen atoms in total. The smallest absolute Gasteiger partial charge is 0.226 e. The van der Waals surface area contributed by atoms with E-state index in [1.807, 2.05) is 12.1 Å². The molecule has 2 N–H and O–H groups in total. The van der Waals surface area contributed by atoms with Gasteiger partial charge in [0.25, 0.3) is 0 Å². The predicted octanol–water partition coefficient (Wildman–Crippen LogP) is 2.07. The third kappa shape index (κ3) is 6.33. The van der Waals surface area contributed by atoms with E-state index in [1.165, 1.54) is 5.56 Å². The molecule has 1 aromatic rings. The molecule has 0 spiro atoms. The molecule has 27 heavy (non-hydrogen) atoms. The Morgan fingerprint density at radius 3 is 2.37 bits per heavy atom. The van der Waals surface area contributed by atoms with E-state index in [9.17, 15) is 9.59 Å². The van der Waals surface area contributed by atoms with Gasteiger partial charge >= 0.3 is 0 Å². The SMILES string of the molecule is CN1CCN(Cc2ccc(NC(=O)CCNC(=O)C3CCCC3)cc2)CC1. The number of benzene rings is 1. The molecular weight excluding hydrogens is 340 g/mol. The lowest BCUT2D eigenvalue weighted by atomic mass is 10.1. The zero-order valence-corrected chi connectivity index (χ0v) is 16.4. The van der Waals surface area contributed by atoms with Crippen LogP contribution >= 0.6 is 0 Å². The number of anilines is 1. The van der Waals surface area contributed by atoms with Crippen molar-refractivity contribution >= 4 is 17.5 Å². The summed E-state index contributed by atoms with van der Waals surface area (Å²) in [6, 6.07) is 8.08. The van der Waals surface area contributed by atoms with E-state index in [-0.39, 0.29) is 17.7 Å². The van der Waals surface area contributed by atoms with Crippen molar-refractivity contribution in [3.63, 3.8) is 0 Å². The number of piperazine rings is 1. The van der Waals surface area contributed by atoms with Gasteiger partial charge in [0.1, 0.15) is 0 Å². The number of carbonyl (C=O) groups is 2. The molecule has 0 radical (unpaired) electrons. The van der Waals surface area contributed by atoms with Crippen LogP contribution in [0, 0.1) is 5.92 Å². The average Bonchev–Trinajstić information content (AvgIpc) is 3.20. The second-order valence-electron chi connectivity index (χ2n) is 7.85. The highest BCUT2D eigenvalue weighted by atomic mass is 16.2. The number of amides is 2. The molecular formula is C21H32N4O2. The lowest BCUT2D eigenvalue weighted by molar-refractivity contribution is -0.124. The first-order valence-corrected chi connectivity index (χ1v) is 10.2. The van der Waals surface area contributed by atoms with E-state index in [0.29, 0.717) is 13.0 Å². The van der Waals surface area contributed by atoms with E-state index < -0.39 is 0 Å². The molecule has 0 bridgehead atoms. The van der Waals surface area contributed by atoms with Gasteiger partial charge in [0.15, 0.2) is 0 Å². The summed E-state index contributed by atoms with van der Waals surface area (Å²) in [4.78, 5) is 28.8. The third-order valence-corrected chi connectivity index (χ3v) is 5.62. The van der Waals surface area contributed by atoms with Gasteiger partial charge in [-0.05, 0) is 37.6 Å². The fourth-order valence-electron chi connectivity index (χ4n) is 3.81. The van der Waals surface area contributed by atoms with E-state index >= 15 is 0 Å². The van der Waals surface area contributed by atoms with Crippen molar-refractivity contribution in [3.8, 4) is 0 Å². The number of nitrogens with zero attached hydrogens (tertiary/aromatic N) is 2. The van der Waals surface area contributed by atoms with E-state index in [2.05, 4.69) is 39.6 Å². The quantitative estimate of drug-likeness (QED) is 0.769. The molecule has 1 saturated heterocycles. The normalized spacial score (nSPS) is 19.1. The minimum atomic E-state index is -0.0615. The van der Waals surface area contributed by atoms with Crippen LogP contribution in [0.2, 0.25) is 0 Å². The summed E-state index contributed by atoms with van der Waals surface area (Å²) >= 11 is 0. The van der Waals surface area contributed by atoms with Crippen molar-refractivity contribution in [2.75, 3.05) is 45.1 Å². The first-order chi connectivity index (χ1) is 13.1. The van der Waals surface area contributed by atoms with Crippen molar-refractivity contribution in [3.05, 3.63) is 29.8 Å². The van der Waals surface area contributed by atoms with Crippen LogP contribution in [0.3, 0.4) is 0 Å². The molecule has 148 valence electrons. The predicted molar refractivity (Wildman–Crippen MR) is 107 cm³/mol. The molecule has 3 rings (SSSR count). The molecule has 2 fully saturated rings. The summed E-state index contributed by atoms with van der Waals surface area (Å²) in [5.74, 6) is 0.197. The summed E-state index contributed by atoms with van der Waals surface area (Å²) in [7, 11) is 2.16. The van der Waals surface area contributed by atoms with Gasteiger partial charge < -0.3 is 15.5 Å². The molecule has 1 aliphatic carbocycles. The number of nitrogens with one attached hydrogen (secondary N) is 2. The molecule has 1 aromatic carbocycles. The minimum Gasteiger partial charge on any atom is -0.355 e. The van der Waals surface area contributed by atoms with Gasteiger partial charge in [0, 0.05) is 57.3 Å². The molecule has 2 aliphatic rings. The van der Waals surface area contributed by atoms with Crippen LogP contribution in [0.4, 0.5) is 5.69 Å². The van der Waals surface area contributed by atoms with Crippen molar-refractivity contribution < 1.29 is 9.59 Å². The third-order valence-electron chi connectivity index (χ3n) is 5.62. The standard InChI is InChI=1S/C21H32N4O2/c1-24-12-14-25(15-13-24)16-17-6-8-19(9-7-17)23-20(26)10-11-22-21(27)18-4-2-3-5-18/h6-9,18H,2-5,10-16H2,1H3,(H,22,27)(H,23,26). The number of carbonyl (C=O) groups excluding carboxylic acids is 2. The first-order valence-electron chi connectivity index (χ1n) is 10.2. The Labute approximate surface area is 162 Å². The van der Waals surface area contributed by atoms with Crippen LogP contribution < -0.4 is 10.6 Å². The molecule has 1 aliphatic heterocycles. The van der Waals surface area contributed by atoms with E-state index in [0.717, 1.165) is 64.1 Å². The number of hydrogen-bond acceptors (Lipinski definition) is 4. The monoisotopic (exact) mass is 372 g/mol. The maximum absolute atomic E-state index is 12.1. The van der Waals surface area contributed by atoms with Crippen LogP contribution in [0.5, 0.6) is 0 Å². The van der Waals surface area contributed by atoms with Crippen molar-refractivity contribution in [1.82, 2.24) is 15.1 Å². The van der Waals surface area contributed by atoms with Gasteiger partial charge in [0.2, 0.25) is 11.8 Å². The van der Waals surface area contributed by atoms with Crippen LogP contribution in [0.1, 0.15) is 37.7 Å². The van der Waals surface area contributed by atoms with Gasteiger partial charge in [0.05, 0.1) is 0 Å². The van der Waals surface area contributed by atoms with E-state index in [4.69, 9.17) is 0 Å². The molecule has 1 heterocycles. The van der Waals surface area contributed by atoms with Gasteiger partial charge in [-0.1, -0.05) is 25.0 Å². The van der Waals surface area contributed by atoms with Gasteiger partial charge in [-0.25, -0.2) is 0 Å². The van der Waals surface area contributed by atoms with Crippen LogP contribution in [-0.4, -0.2) is 61.4 Å². The van der Waals surface area contributed by atoms with E-state index in [1.54, 1.807) is 0 Å². The first kappa shape index (κ1) is 19.8. The molecule has 0 unspecified atom stereocenters. The van der Waals surface area contributed by atoms with Crippen molar-refractivity contribution in [2.24, 2.45) is 5.92 Å². The fourth-order valence-corrected chi connectivity index (χ4v) is 3.81. The van der Waals surface area contributed by atoms with Crippen molar-refractivity contribution in [1.29, 1.82) is 0 Å². The summed E-state index contributed by atoms with van der Waals surface area (Å²) < 4.78 is 0. The average molecular weight is 373 g/mol. The Hall–Kier alpha value is -1.92. The Kier molecular flexibility index (Phi) is 7.24. The molecule has 0 aromatic heterocycles. The fraction of sp³-hybridized carbons (Fsp3) is 0.619. The summed E-state index contributed by atoms with van der Waals surface area (Å²) in [5, 5.41) is 5.80. The molecule has 6 heteroatoms. The Balaban J connectivity index is 1.36. The topological polar surface area (TPSA) is 64.7 Å². The number of hydrogen-bond donors (Lipinski definition) is 2. The Morgan fingerprint density at radius 1 is 1.04 bits per heavy atom. The largest absolute Gasteiger partial charge is 0.355 e. The van der Waals surface area contributed by atoms with Gasteiger partial charge in [-0.15, -0.1) is 0 Å². The highest BCUT2D eigenvalue weighted by molar-refractivity contribution is 5.91. The highest BCUT2D eigenvalue weighted by Gasteiger charge is 2.22. The molecule has 2 amide bonds. The zero-order valence-electron chi connectivity index (χ0n) is 16.4.